The van der Waals surface area contributed by atoms with Crippen LogP contribution in [0, 0.1) is 5.41 Å². The fraction of sp³-hybridized carbons (Fsp3) is 0.677. The van der Waals surface area contributed by atoms with Crippen molar-refractivity contribution in [2.24, 2.45) is 5.41 Å². The van der Waals surface area contributed by atoms with Crippen LogP contribution in [-0.2, 0) is 19.5 Å². The average molecular weight is 575 g/mol. The first-order valence-electron chi connectivity index (χ1n) is 13.5. The SMILES string of the molecule is C1=CCCC=CCC1.CC(C)c1cccc(C(C)C)c1N1CC2(CCCCC2)CC1(C)C.Cl.[Rh]. The second kappa shape index (κ2) is 14.2. The predicted molar refractivity (Wildman–Crippen MR) is 150 cm³/mol. The van der Waals surface area contributed by atoms with Crippen molar-refractivity contribution in [3.63, 3.8) is 0 Å². The Morgan fingerprint density at radius 2 is 1.18 bits per heavy atom. The van der Waals surface area contributed by atoms with Crippen LogP contribution in [0.3, 0.4) is 0 Å². The summed E-state index contributed by atoms with van der Waals surface area (Å²) in [6.45, 7) is 15.6. The molecule has 195 valence electrons. The molecule has 4 rings (SSSR count). The molecule has 1 heterocycles. The van der Waals surface area contributed by atoms with Gasteiger partial charge in [-0.2, -0.15) is 0 Å². The van der Waals surface area contributed by atoms with Crippen LogP contribution in [0.1, 0.15) is 129 Å². The van der Waals surface area contributed by atoms with Crippen molar-refractivity contribution in [1.82, 2.24) is 0 Å². The standard InChI is InChI=1S/C23H37N.C8H12.ClH.Rh/c1-17(2)19-11-10-12-20(18(3)4)21(19)24-16-23(15-22(24,5)6)13-8-7-9-14-23;1-2-4-6-8-7-5-3-1;;/h10-12,17-18H,7-9,13-16H2,1-6H3;1-2,7-8H,3-6H2;1H;. The molecule has 0 atom stereocenters. The van der Waals surface area contributed by atoms with Gasteiger partial charge in [0.1, 0.15) is 0 Å². The molecule has 0 bridgehead atoms. The number of rotatable bonds is 3. The van der Waals surface area contributed by atoms with Gasteiger partial charge in [-0.25, -0.2) is 0 Å². The fourth-order valence-electron chi connectivity index (χ4n) is 6.32. The second-order valence-electron chi connectivity index (χ2n) is 11.8. The van der Waals surface area contributed by atoms with E-state index < -0.39 is 0 Å². The molecule has 1 aliphatic heterocycles. The minimum absolute atomic E-state index is 0. The van der Waals surface area contributed by atoms with Crippen molar-refractivity contribution in [1.29, 1.82) is 0 Å². The summed E-state index contributed by atoms with van der Waals surface area (Å²) in [4.78, 5) is 2.81. The van der Waals surface area contributed by atoms with E-state index in [9.17, 15) is 0 Å². The van der Waals surface area contributed by atoms with Crippen molar-refractivity contribution >= 4 is 18.1 Å². The van der Waals surface area contributed by atoms with Gasteiger partial charge >= 0.3 is 0 Å². The van der Waals surface area contributed by atoms with Gasteiger partial charge in [-0.3, -0.25) is 0 Å². The van der Waals surface area contributed by atoms with E-state index in [1.807, 2.05) is 0 Å². The smallest absolute Gasteiger partial charge is 0.0441 e. The number of halogens is 1. The fourth-order valence-corrected chi connectivity index (χ4v) is 6.32. The molecule has 34 heavy (non-hydrogen) atoms. The van der Waals surface area contributed by atoms with Crippen LogP contribution >= 0.6 is 12.4 Å². The maximum atomic E-state index is 2.81. The van der Waals surface area contributed by atoms with E-state index in [-0.39, 0.29) is 37.4 Å². The number of para-hydroxylation sites is 1. The molecule has 1 spiro atoms. The summed E-state index contributed by atoms with van der Waals surface area (Å²) >= 11 is 0. The van der Waals surface area contributed by atoms with Gasteiger partial charge in [-0.1, -0.05) is 89.5 Å². The average Bonchev–Trinajstić information content (AvgIpc) is 2.97. The summed E-state index contributed by atoms with van der Waals surface area (Å²) < 4.78 is 0. The minimum atomic E-state index is 0. The van der Waals surface area contributed by atoms with Gasteiger partial charge in [0.15, 0.2) is 0 Å². The zero-order valence-electron chi connectivity index (χ0n) is 22.7. The topological polar surface area (TPSA) is 3.24 Å². The van der Waals surface area contributed by atoms with Crippen LogP contribution in [0.4, 0.5) is 5.69 Å². The summed E-state index contributed by atoms with van der Waals surface area (Å²) in [6, 6.07) is 7.01. The number of benzene rings is 1. The zero-order valence-corrected chi connectivity index (χ0v) is 25.1. The van der Waals surface area contributed by atoms with Crippen LogP contribution in [0.5, 0.6) is 0 Å². The first-order chi connectivity index (χ1) is 15.3. The number of anilines is 1. The Morgan fingerprint density at radius 1 is 0.735 bits per heavy atom. The zero-order chi connectivity index (χ0) is 23.2. The second-order valence-corrected chi connectivity index (χ2v) is 11.8. The molecule has 0 unspecified atom stereocenters. The van der Waals surface area contributed by atoms with Gasteiger partial charge in [-0.15, -0.1) is 12.4 Å². The molecule has 1 radical (unpaired) electrons. The van der Waals surface area contributed by atoms with E-state index in [2.05, 4.69) is 88.9 Å². The molecule has 1 nitrogen and oxygen atoms in total. The van der Waals surface area contributed by atoms with E-state index in [1.54, 1.807) is 16.8 Å². The molecule has 1 aromatic rings. The Labute approximate surface area is 230 Å². The van der Waals surface area contributed by atoms with Gasteiger partial charge in [0, 0.05) is 37.2 Å². The Hall–Kier alpha value is -0.587. The molecule has 2 fully saturated rings. The van der Waals surface area contributed by atoms with Gasteiger partial charge in [0.05, 0.1) is 0 Å². The third kappa shape index (κ3) is 7.96. The van der Waals surface area contributed by atoms with Gasteiger partial charge in [0.25, 0.3) is 0 Å². The van der Waals surface area contributed by atoms with Crippen molar-refractivity contribution in [3.05, 3.63) is 53.6 Å². The normalized spacial score (nSPS) is 20.8. The molecule has 3 heteroatoms. The van der Waals surface area contributed by atoms with Gasteiger partial charge in [0.2, 0.25) is 0 Å². The summed E-state index contributed by atoms with van der Waals surface area (Å²) in [5, 5.41) is 0. The predicted octanol–water partition coefficient (Wildman–Crippen LogP) is 9.96. The third-order valence-electron chi connectivity index (χ3n) is 7.89. The van der Waals surface area contributed by atoms with Crippen molar-refractivity contribution < 1.29 is 19.5 Å². The Morgan fingerprint density at radius 3 is 1.59 bits per heavy atom. The molecule has 1 saturated heterocycles. The molecule has 2 aliphatic carbocycles. The van der Waals surface area contributed by atoms with E-state index >= 15 is 0 Å². The number of allylic oxidation sites excluding steroid dienone is 4. The Bertz CT molecular complexity index is 734. The Balaban J connectivity index is 0.000000494. The summed E-state index contributed by atoms with van der Waals surface area (Å²) in [7, 11) is 0. The van der Waals surface area contributed by atoms with Gasteiger partial charge < -0.3 is 4.90 Å². The number of hydrogen-bond acceptors (Lipinski definition) is 1. The maximum Gasteiger partial charge on any atom is 0.0441 e. The molecule has 0 amide bonds. The van der Waals surface area contributed by atoms with E-state index in [0.29, 0.717) is 17.3 Å². The molecule has 3 aliphatic rings. The molecule has 0 N–H and O–H groups in total. The van der Waals surface area contributed by atoms with Crippen LogP contribution in [0.15, 0.2) is 42.5 Å². The van der Waals surface area contributed by atoms with E-state index in [4.69, 9.17) is 0 Å². The minimum Gasteiger partial charge on any atom is -0.365 e. The van der Waals surface area contributed by atoms with Crippen LogP contribution in [0.2, 0.25) is 0 Å². The van der Waals surface area contributed by atoms with E-state index in [0.717, 1.165) is 0 Å². The number of nitrogens with zero attached hydrogens (tertiary/aromatic N) is 1. The molecule has 0 aromatic heterocycles. The monoisotopic (exact) mass is 574 g/mol. The van der Waals surface area contributed by atoms with Crippen LogP contribution in [-0.4, -0.2) is 12.1 Å². The van der Waals surface area contributed by atoms with Crippen molar-refractivity contribution in [2.45, 2.75) is 123 Å². The Kier molecular flexibility index (Phi) is 13.2. The van der Waals surface area contributed by atoms with Crippen molar-refractivity contribution in [2.75, 3.05) is 11.4 Å². The summed E-state index contributed by atoms with van der Waals surface area (Å²) in [5.41, 5.74) is 5.49. The van der Waals surface area contributed by atoms with E-state index in [1.165, 1.54) is 70.8 Å². The maximum absolute atomic E-state index is 2.81. The molecule has 1 saturated carbocycles. The van der Waals surface area contributed by atoms with Gasteiger partial charge in [-0.05, 0) is 87.2 Å². The van der Waals surface area contributed by atoms with Crippen molar-refractivity contribution in [3.8, 4) is 0 Å². The quantitative estimate of drug-likeness (QED) is 0.256. The molecule has 1 aromatic carbocycles. The number of hydrogen-bond donors (Lipinski definition) is 0. The third-order valence-corrected chi connectivity index (χ3v) is 7.89. The van der Waals surface area contributed by atoms with Crippen LogP contribution < -0.4 is 4.90 Å². The first kappa shape index (κ1) is 31.4. The molecular weight excluding hydrogens is 525 g/mol. The first-order valence-corrected chi connectivity index (χ1v) is 13.5. The van der Waals surface area contributed by atoms with Crippen LogP contribution in [0.25, 0.3) is 0 Å². The largest absolute Gasteiger partial charge is 0.365 e. The summed E-state index contributed by atoms with van der Waals surface area (Å²) in [5.74, 6) is 1.16. The molecular formula is C31H50ClNRh. The summed E-state index contributed by atoms with van der Waals surface area (Å²) in [6.07, 6.45) is 22.6.